The molecule has 0 bridgehead atoms. The van der Waals surface area contributed by atoms with Crippen LogP contribution in [0.5, 0.6) is 0 Å². The van der Waals surface area contributed by atoms with Gasteiger partial charge < -0.3 is 20.5 Å². The molecule has 1 aliphatic heterocycles. The first-order valence-corrected chi connectivity index (χ1v) is 4.46. The minimum atomic E-state index is -1.37. The molecule has 0 radical (unpaired) electrons. The molecule has 1 amide bonds. The Morgan fingerprint density at radius 3 is 2.60 bits per heavy atom. The normalized spacial score (nSPS) is 17.3. The number of hydrogen-bond donors (Lipinski definition) is 2. The zero-order chi connectivity index (χ0) is 11.1. The first kappa shape index (κ1) is 9.95. The fourth-order valence-electron chi connectivity index (χ4n) is 1.76. The molecule has 1 aliphatic rings. The van der Waals surface area contributed by atoms with Gasteiger partial charge in [0.1, 0.15) is 0 Å². The summed E-state index contributed by atoms with van der Waals surface area (Å²) in [7, 11) is 2.84. The van der Waals surface area contributed by atoms with Crippen LogP contribution in [0.2, 0.25) is 0 Å². The number of fused-ring (bicyclic) bond motifs is 1. The standard InChI is InChI=1S/C10H12N2O3/c1-14-10(15-2)7-5-6(11)3-4-8(7)12-9(10)13/h3-5H,11H2,1-2H3,(H,12,13). The third-order valence-electron chi connectivity index (χ3n) is 2.52. The van der Waals surface area contributed by atoms with Gasteiger partial charge in [0.2, 0.25) is 0 Å². The van der Waals surface area contributed by atoms with Gasteiger partial charge in [-0.25, -0.2) is 0 Å². The summed E-state index contributed by atoms with van der Waals surface area (Å²) in [6.45, 7) is 0. The number of anilines is 2. The number of carbonyl (C=O) groups excluding carboxylic acids is 1. The van der Waals surface area contributed by atoms with E-state index in [9.17, 15) is 4.79 Å². The van der Waals surface area contributed by atoms with Crippen LogP contribution in [-0.4, -0.2) is 20.1 Å². The molecule has 1 aromatic rings. The van der Waals surface area contributed by atoms with Crippen LogP contribution in [0, 0.1) is 0 Å². The number of benzene rings is 1. The van der Waals surface area contributed by atoms with Gasteiger partial charge >= 0.3 is 0 Å². The van der Waals surface area contributed by atoms with Crippen molar-refractivity contribution >= 4 is 17.3 Å². The predicted molar refractivity (Wildman–Crippen MR) is 55.2 cm³/mol. The minimum absolute atomic E-state index is 0.340. The third-order valence-corrected chi connectivity index (χ3v) is 2.52. The maximum Gasteiger partial charge on any atom is 0.289 e. The lowest BCUT2D eigenvalue weighted by atomic mass is 10.1. The summed E-state index contributed by atoms with van der Waals surface area (Å²) >= 11 is 0. The fraction of sp³-hybridized carbons (Fsp3) is 0.300. The van der Waals surface area contributed by atoms with Crippen LogP contribution in [0.3, 0.4) is 0 Å². The lowest BCUT2D eigenvalue weighted by Crippen LogP contribution is -2.38. The van der Waals surface area contributed by atoms with Gasteiger partial charge in [0, 0.05) is 25.5 Å². The van der Waals surface area contributed by atoms with Gasteiger partial charge in [0.15, 0.2) is 0 Å². The van der Waals surface area contributed by atoms with Crippen LogP contribution in [0.25, 0.3) is 0 Å². The van der Waals surface area contributed by atoms with Gasteiger partial charge in [-0.2, -0.15) is 0 Å². The number of nitrogens with two attached hydrogens (primary N) is 1. The van der Waals surface area contributed by atoms with E-state index in [1.807, 2.05) is 0 Å². The average molecular weight is 208 g/mol. The second-order valence-electron chi connectivity index (χ2n) is 3.28. The molecule has 5 heteroatoms. The van der Waals surface area contributed by atoms with Gasteiger partial charge in [-0.05, 0) is 18.2 Å². The Bertz CT molecular complexity index is 413. The van der Waals surface area contributed by atoms with Crippen LogP contribution in [0.1, 0.15) is 5.56 Å². The molecule has 1 aromatic carbocycles. The van der Waals surface area contributed by atoms with E-state index >= 15 is 0 Å². The van der Waals surface area contributed by atoms with E-state index in [0.717, 1.165) is 0 Å². The van der Waals surface area contributed by atoms with Crippen molar-refractivity contribution in [1.82, 2.24) is 0 Å². The van der Waals surface area contributed by atoms with Crippen LogP contribution in [-0.2, 0) is 20.1 Å². The van der Waals surface area contributed by atoms with Gasteiger partial charge in [-0.3, -0.25) is 4.79 Å². The maximum absolute atomic E-state index is 11.7. The van der Waals surface area contributed by atoms with E-state index < -0.39 is 5.79 Å². The molecule has 3 N–H and O–H groups in total. The molecule has 2 rings (SSSR count). The van der Waals surface area contributed by atoms with Crippen molar-refractivity contribution in [1.29, 1.82) is 0 Å². The Morgan fingerprint density at radius 1 is 1.33 bits per heavy atom. The maximum atomic E-state index is 11.7. The summed E-state index contributed by atoms with van der Waals surface area (Å²) in [5, 5.41) is 2.67. The van der Waals surface area contributed by atoms with Crippen molar-refractivity contribution in [2.75, 3.05) is 25.3 Å². The Morgan fingerprint density at radius 2 is 2.00 bits per heavy atom. The number of methoxy groups -OCH3 is 2. The van der Waals surface area contributed by atoms with Gasteiger partial charge in [0.25, 0.3) is 11.7 Å². The second-order valence-corrected chi connectivity index (χ2v) is 3.28. The number of nitrogen functional groups attached to an aromatic ring is 1. The van der Waals surface area contributed by atoms with E-state index in [2.05, 4.69) is 5.32 Å². The van der Waals surface area contributed by atoms with Crippen LogP contribution < -0.4 is 11.1 Å². The highest BCUT2D eigenvalue weighted by Crippen LogP contribution is 2.39. The molecule has 0 saturated heterocycles. The second kappa shape index (κ2) is 3.22. The summed E-state index contributed by atoms with van der Waals surface area (Å²) in [4.78, 5) is 11.7. The van der Waals surface area contributed by atoms with Crippen molar-refractivity contribution in [2.45, 2.75) is 5.79 Å². The number of rotatable bonds is 2. The molecular weight excluding hydrogens is 196 g/mol. The van der Waals surface area contributed by atoms with Crippen molar-refractivity contribution in [3.05, 3.63) is 23.8 Å². The molecule has 0 saturated carbocycles. The topological polar surface area (TPSA) is 73.6 Å². The van der Waals surface area contributed by atoms with E-state index in [1.54, 1.807) is 18.2 Å². The molecule has 0 unspecified atom stereocenters. The molecule has 0 fully saturated rings. The first-order valence-electron chi connectivity index (χ1n) is 4.46. The first-order chi connectivity index (χ1) is 7.14. The predicted octanol–water partition coefficient (Wildman–Crippen LogP) is 0.667. The lowest BCUT2D eigenvalue weighted by Gasteiger charge is -2.23. The summed E-state index contributed by atoms with van der Waals surface area (Å²) in [6, 6.07) is 5.10. The Kier molecular flexibility index (Phi) is 2.13. The number of nitrogens with one attached hydrogen (secondary N) is 1. The Labute approximate surface area is 87.2 Å². The Hall–Kier alpha value is -1.59. The number of amides is 1. The number of carbonyl (C=O) groups is 1. The summed E-state index contributed by atoms with van der Waals surface area (Å²) in [5.41, 5.74) is 7.49. The average Bonchev–Trinajstić information content (AvgIpc) is 2.50. The van der Waals surface area contributed by atoms with E-state index in [1.165, 1.54) is 14.2 Å². The van der Waals surface area contributed by atoms with Crippen molar-refractivity contribution in [2.24, 2.45) is 0 Å². The minimum Gasteiger partial charge on any atom is -0.399 e. The largest absolute Gasteiger partial charge is 0.399 e. The van der Waals surface area contributed by atoms with Crippen LogP contribution in [0.4, 0.5) is 11.4 Å². The third kappa shape index (κ3) is 1.20. The smallest absolute Gasteiger partial charge is 0.289 e. The molecular formula is C10H12N2O3. The summed E-state index contributed by atoms with van der Waals surface area (Å²) < 4.78 is 10.3. The molecule has 0 aromatic heterocycles. The SMILES string of the molecule is COC1(OC)C(=O)Nc2ccc(N)cc21. The fourth-order valence-corrected chi connectivity index (χ4v) is 1.76. The lowest BCUT2D eigenvalue weighted by molar-refractivity contribution is -0.207. The van der Waals surface area contributed by atoms with Gasteiger partial charge in [-0.15, -0.1) is 0 Å². The monoisotopic (exact) mass is 208 g/mol. The molecule has 15 heavy (non-hydrogen) atoms. The highest BCUT2D eigenvalue weighted by Gasteiger charge is 2.48. The van der Waals surface area contributed by atoms with Crippen LogP contribution >= 0.6 is 0 Å². The molecule has 1 heterocycles. The molecule has 5 nitrogen and oxygen atoms in total. The van der Waals surface area contributed by atoms with E-state index in [0.29, 0.717) is 16.9 Å². The van der Waals surface area contributed by atoms with Gasteiger partial charge in [-0.1, -0.05) is 0 Å². The van der Waals surface area contributed by atoms with Crippen molar-refractivity contribution < 1.29 is 14.3 Å². The Balaban J connectivity index is 2.61. The molecule has 0 atom stereocenters. The van der Waals surface area contributed by atoms with E-state index in [4.69, 9.17) is 15.2 Å². The van der Waals surface area contributed by atoms with Crippen LogP contribution in [0.15, 0.2) is 18.2 Å². The number of ether oxygens (including phenoxy) is 2. The quantitative estimate of drug-likeness (QED) is 0.553. The van der Waals surface area contributed by atoms with E-state index in [-0.39, 0.29) is 5.91 Å². The van der Waals surface area contributed by atoms with Gasteiger partial charge in [0.05, 0.1) is 5.69 Å². The summed E-state index contributed by atoms with van der Waals surface area (Å²) in [6.07, 6.45) is 0. The highest BCUT2D eigenvalue weighted by molar-refractivity contribution is 6.04. The molecule has 0 aliphatic carbocycles. The summed E-state index contributed by atoms with van der Waals surface area (Å²) in [5.74, 6) is -1.71. The molecule has 0 spiro atoms. The zero-order valence-electron chi connectivity index (χ0n) is 8.53. The zero-order valence-corrected chi connectivity index (χ0v) is 8.53. The van der Waals surface area contributed by atoms with Crippen molar-refractivity contribution in [3.8, 4) is 0 Å². The number of hydrogen-bond acceptors (Lipinski definition) is 4. The molecule has 80 valence electrons. The van der Waals surface area contributed by atoms with Crippen molar-refractivity contribution in [3.63, 3.8) is 0 Å². The highest BCUT2D eigenvalue weighted by atomic mass is 16.7.